The summed E-state index contributed by atoms with van der Waals surface area (Å²) in [5, 5.41) is 10.0. The summed E-state index contributed by atoms with van der Waals surface area (Å²) in [4.78, 5) is 10.8. The van der Waals surface area contributed by atoms with Crippen LogP contribution in [-0.2, 0) is 4.79 Å². The molecule has 0 bridgehead atoms. The number of hydrogen-bond donors (Lipinski definition) is 1. The molecular weight excluding hydrogens is 296 g/mol. The molecule has 1 atom stereocenters. The van der Waals surface area contributed by atoms with Gasteiger partial charge in [-0.2, -0.15) is 0 Å². The Balaban J connectivity index is 1.63. The summed E-state index contributed by atoms with van der Waals surface area (Å²) in [5.41, 5.74) is 6.83. The third kappa shape index (κ3) is 2.50. The zero-order valence-corrected chi connectivity index (χ0v) is 13.3. The number of carbonyl (C=O) groups excluding carboxylic acids is 1. The van der Waals surface area contributed by atoms with Crippen molar-refractivity contribution in [2.24, 2.45) is 0 Å². The minimum Gasteiger partial charge on any atom is -0.507 e. The lowest BCUT2D eigenvalue weighted by atomic mass is 9.95. The monoisotopic (exact) mass is 314 g/mol. The highest BCUT2D eigenvalue weighted by Gasteiger charge is 2.19. The van der Waals surface area contributed by atoms with E-state index in [-0.39, 0.29) is 5.92 Å². The molecule has 2 heteroatoms. The van der Waals surface area contributed by atoms with Gasteiger partial charge in [0.15, 0.2) is 0 Å². The van der Waals surface area contributed by atoms with Crippen LogP contribution in [0.15, 0.2) is 60.7 Å². The third-order valence-corrected chi connectivity index (χ3v) is 4.80. The molecule has 0 spiro atoms. The maximum atomic E-state index is 10.8. The Morgan fingerprint density at radius 1 is 1.17 bits per heavy atom. The van der Waals surface area contributed by atoms with Crippen molar-refractivity contribution in [3.8, 4) is 5.75 Å². The second kappa shape index (κ2) is 5.97. The Bertz CT molecular complexity index is 900. The molecule has 0 radical (unpaired) electrons. The molecule has 0 aromatic heterocycles. The number of benzene rings is 2. The summed E-state index contributed by atoms with van der Waals surface area (Å²) in [5.74, 6) is 0.545. The first-order valence-electron chi connectivity index (χ1n) is 8.21. The molecule has 4 rings (SSSR count). The quantitative estimate of drug-likeness (QED) is 0.810. The first-order chi connectivity index (χ1) is 11.8. The van der Waals surface area contributed by atoms with Gasteiger partial charge < -0.3 is 9.90 Å². The fraction of sp³-hybridized carbons (Fsp3) is 0.136. The molecule has 0 amide bonds. The summed E-state index contributed by atoms with van der Waals surface area (Å²) >= 11 is 0. The van der Waals surface area contributed by atoms with Crippen molar-refractivity contribution in [1.29, 1.82) is 0 Å². The van der Waals surface area contributed by atoms with Crippen LogP contribution >= 0.6 is 0 Å². The van der Waals surface area contributed by atoms with Crippen LogP contribution in [-0.4, -0.2) is 11.4 Å². The number of hydrogen-bond acceptors (Lipinski definition) is 2. The highest BCUT2D eigenvalue weighted by molar-refractivity contribution is 5.91. The zero-order valence-electron chi connectivity index (χ0n) is 13.3. The molecule has 0 aliphatic heterocycles. The van der Waals surface area contributed by atoms with Crippen molar-refractivity contribution >= 4 is 23.5 Å². The van der Waals surface area contributed by atoms with Gasteiger partial charge in [0.1, 0.15) is 12.0 Å². The summed E-state index contributed by atoms with van der Waals surface area (Å²) < 4.78 is 0. The van der Waals surface area contributed by atoms with E-state index in [0.717, 1.165) is 23.8 Å². The molecule has 2 aliphatic rings. The van der Waals surface area contributed by atoms with Crippen molar-refractivity contribution in [3.63, 3.8) is 0 Å². The highest BCUT2D eigenvalue weighted by atomic mass is 16.3. The number of carbonyl (C=O) groups is 1. The zero-order chi connectivity index (χ0) is 16.5. The molecular formula is C22H18O2. The average molecular weight is 314 g/mol. The lowest BCUT2D eigenvalue weighted by molar-refractivity contribution is -0.108. The fourth-order valence-electron chi connectivity index (χ4n) is 3.53. The van der Waals surface area contributed by atoms with Crippen LogP contribution < -0.4 is 0 Å². The topological polar surface area (TPSA) is 37.3 Å². The van der Waals surface area contributed by atoms with Crippen molar-refractivity contribution in [3.05, 3.63) is 82.9 Å². The normalized spacial score (nSPS) is 18.2. The average Bonchev–Trinajstić information content (AvgIpc) is 3.23. The molecule has 0 saturated carbocycles. The van der Waals surface area contributed by atoms with Gasteiger partial charge in [-0.05, 0) is 46.4 Å². The molecule has 2 aliphatic carbocycles. The molecule has 2 aromatic rings. The number of aldehydes is 1. The summed E-state index contributed by atoms with van der Waals surface area (Å²) in [6, 6.07) is 13.9. The maximum absolute atomic E-state index is 10.8. The van der Waals surface area contributed by atoms with Crippen LogP contribution in [0, 0.1) is 0 Å². The lowest BCUT2D eigenvalue weighted by Gasteiger charge is -2.09. The minimum atomic E-state index is 0.219. The van der Waals surface area contributed by atoms with Gasteiger partial charge in [-0.15, -0.1) is 0 Å². The van der Waals surface area contributed by atoms with Crippen molar-refractivity contribution in [2.45, 2.75) is 18.8 Å². The Labute approximate surface area is 141 Å². The van der Waals surface area contributed by atoms with Crippen LogP contribution in [0.25, 0.3) is 17.2 Å². The van der Waals surface area contributed by atoms with Gasteiger partial charge in [0.2, 0.25) is 0 Å². The molecule has 1 unspecified atom stereocenters. The number of rotatable bonds is 4. The van der Waals surface area contributed by atoms with Gasteiger partial charge >= 0.3 is 0 Å². The van der Waals surface area contributed by atoms with Crippen LogP contribution in [0.5, 0.6) is 5.75 Å². The van der Waals surface area contributed by atoms with E-state index < -0.39 is 0 Å². The number of phenolic OH excluding ortho intramolecular Hbond substituents is 1. The predicted molar refractivity (Wildman–Crippen MR) is 97.6 cm³/mol. The van der Waals surface area contributed by atoms with E-state index in [2.05, 4.69) is 42.5 Å². The lowest BCUT2D eigenvalue weighted by Crippen LogP contribution is -1.94. The van der Waals surface area contributed by atoms with Crippen molar-refractivity contribution in [1.82, 2.24) is 0 Å². The number of aromatic hydroxyl groups is 1. The highest BCUT2D eigenvalue weighted by Crippen LogP contribution is 2.38. The summed E-state index contributed by atoms with van der Waals surface area (Å²) in [6.07, 6.45) is 10.9. The second-order valence-corrected chi connectivity index (χ2v) is 6.26. The first-order valence-corrected chi connectivity index (χ1v) is 8.21. The molecule has 118 valence electrons. The Morgan fingerprint density at radius 2 is 2.04 bits per heavy atom. The van der Waals surface area contributed by atoms with Crippen molar-refractivity contribution < 1.29 is 9.90 Å². The number of fused-ring (bicyclic) bond motifs is 1. The minimum absolute atomic E-state index is 0.219. The molecule has 0 fully saturated rings. The Hall–Kier alpha value is -2.87. The van der Waals surface area contributed by atoms with E-state index in [4.69, 9.17) is 0 Å². The molecule has 0 saturated heterocycles. The number of allylic oxidation sites excluding steroid dienone is 5. The Morgan fingerprint density at radius 3 is 2.88 bits per heavy atom. The molecule has 24 heavy (non-hydrogen) atoms. The van der Waals surface area contributed by atoms with E-state index in [9.17, 15) is 9.90 Å². The SMILES string of the molecule is O=CCC1C=Cc2cc(C3=CCC(c4ccccc4O)=C3)ccc21. The molecule has 2 aromatic carbocycles. The number of phenols is 1. The van der Waals surface area contributed by atoms with Gasteiger partial charge in [0.05, 0.1) is 0 Å². The molecule has 2 nitrogen and oxygen atoms in total. The predicted octanol–water partition coefficient (Wildman–Crippen LogP) is 4.96. The maximum Gasteiger partial charge on any atom is 0.123 e. The van der Waals surface area contributed by atoms with E-state index >= 15 is 0 Å². The van der Waals surface area contributed by atoms with Crippen LogP contribution in [0.1, 0.15) is 41.0 Å². The van der Waals surface area contributed by atoms with E-state index in [1.165, 1.54) is 22.3 Å². The van der Waals surface area contributed by atoms with Gasteiger partial charge in [0.25, 0.3) is 0 Å². The smallest absolute Gasteiger partial charge is 0.123 e. The van der Waals surface area contributed by atoms with E-state index in [1.807, 2.05) is 18.2 Å². The third-order valence-electron chi connectivity index (χ3n) is 4.80. The Kier molecular flexibility index (Phi) is 3.66. The number of para-hydroxylation sites is 1. The second-order valence-electron chi connectivity index (χ2n) is 6.26. The first kappa shape index (κ1) is 14.7. The summed E-state index contributed by atoms with van der Waals surface area (Å²) in [7, 11) is 0. The van der Waals surface area contributed by atoms with Crippen LogP contribution in [0.3, 0.4) is 0 Å². The standard InChI is InChI=1S/C22H18O2/c23-12-11-15-5-7-18-13-17(9-10-20(15)18)16-6-8-19(14-16)21-3-1-2-4-22(21)24/h1-7,9-10,12-15,24H,8,11H2. The van der Waals surface area contributed by atoms with Crippen LogP contribution in [0.2, 0.25) is 0 Å². The largest absolute Gasteiger partial charge is 0.507 e. The molecule has 1 N–H and O–H groups in total. The van der Waals surface area contributed by atoms with Gasteiger partial charge in [-0.25, -0.2) is 0 Å². The summed E-state index contributed by atoms with van der Waals surface area (Å²) in [6.45, 7) is 0. The van der Waals surface area contributed by atoms with Gasteiger partial charge in [0, 0.05) is 17.9 Å². The van der Waals surface area contributed by atoms with E-state index in [0.29, 0.717) is 12.2 Å². The molecule has 0 heterocycles. The van der Waals surface area contributed by atoms with Gasteiger partial charge in [-0.3, -0.25) is 0 Å². The van der Waals surface area contributed by atoms with Crippen LogP contribution in [0.4, 0.5) is 0 Å². The van der Waals surface area contributed by atoms with E-state index in [1.54, 1.807) is 6.07 Å². The van der Waals surface area contributed by atoms with Crippen molar-refractivity contribution in [2.75, 3.05) is 0 Å². The van der Waals surface area contributed by atoms with Gasteiger partial charge in [-0.1, -0.05) is 54.6 Å². The fourth-order valence-corrected chi connectivity index (χ4v) is 3.53.